The maximum atomic E-state index is 3.55. The minimum Gasteiger partial charge on any atom is -0.314 e. The predicted octanol–water partition coefficient (Wildman–Crippen LogP) is 4.41. The molecule has 0 spiro atoms. The van der Waals surface area contributed by atoms with Gasteiger partial charge in [-0.2, -0.15) is 0 Å². The Bertz CT molecular complexity index is 305. The topological polar surface area (TPSA) is 12.0 Å². The average Bonchev–Trinajstić information content (AvgIpc) is 2.29. The lowest BCUT2D eigenvalue weighted by Crippen LogP contribution is -2.29. The van der Waals surface area contributed by atoms with Gasteiger partial charge in [0.05, 0.1) is 0 Å². The van der Waals surface area contributed by atoms with Crippen LogP contribution in [0.3, 0.4) is 0 Å². The average molecular weight is 298 g/mol. The van der Waals surface area contributed by atoms with Crippen molar-refractivity contribution < 1.29 is 0 Å². The zero-order valence-corrected chi connectivity index (χ0v) is 12.8. The summed E-state index contributed by atoms with van der Waals surface area (Å²) in [5, 5.41) is 3.55. The number of benzene rings is 1. The third-order valence-electron chi connectivity index (χ3n) is 2.95. The Hall–Kier alpha value is -0.340. The molecule has 1 nitrogen and oxygen atoms in total. The van der Waals surface area contributed by atoms with Crippen molar-refractivity contribution in [2.75, 3.05) is 6.54 Å². The summed E-state index contributed by atoms with van der Waals surface area (Å²) in [6.45, 7) is 7.82. The molecule has 17 heavy (non-hydrogen) atoms. The van der Waals surface area contributed by atoms with Gasteiger partial charge in [-0.1, -0.05) is 55.3 Å². The molecule has 0 aromatic heterocycles. The van der Waals surface area contributed by atoms with Crippen LogP contribution in [-0.4, -0.2) is 12.6 Å². The summed E-state index contributed by atoms with van der Waals surface area (Å²) in [6.07, 6.45) is 3.75. The fourth-order valence-electron chi connectivity index (χ4n) is 2.04. The van der Waals surface area contributed by atoms with Gasteiger partial charge in [-0.15, -0.1) is 0 Å². The Labute approximate surface area is 114 Å². The number of hydrogen-bond acceptors (Lipinski definition) is 1. The third-order valence-corrected chi connectivity index (χ3v) is 3.48. The minimum atomic E-state index is 0.583. The summed E-state index contributed by atoms with van der Waals surface area (Å²) < 4.78 is 1.16. The second-order valence-corrected chi connectivity index (χ2v) is 5.96. The molecule has 1 aromatic rings. The quantitative estimate of drug-likeness (QED) is 0.786. The summed E-state index contributed by atoms with van der Waals surface area (Å²) >= 11 is 3.48. The van der Waals surface area contributed by atoms with Crippen LogP contribution in [0.4, 0.5) is 0 Å². The first-order valence-corrected chi connectivity index (χ1v) is 7.39. The van der Waals surface area contributed by atoms with Crippen molar-refractivity contribution >= 4 is 15.9 Å². The molecule has 0 fully saturated rings. The van der Waals surface area contributed by atoms with Crippen LogP contribution in [0.5, 0.6) is 0 Å². The van der Waals surface area contributed by atoms with Gasteiger partial charge < -0.3 is 5.32 Å². The van der Waals surface area contributed by atoms with Crippen molar-refractivity contribution in [1.82, 2.24) is 5.32 Å². The van der Waals surface area contributed by atoms with Crippen molar-refractivity contribution in [3.8, 4) is 0 Å². The van der Waals surface area contributed by atoms with Crippen LogP contribution in [0.15, 0.2) is 28.7 Å². The SMILES string of the molecule is CCCC(CNC(C)C)Cc1ccc(Br)cc1. The lowest BCUT2D eigenvalue weighted by molar-refractivity contribution is 0.418. The van der Waals surface area contributed by atoms with Gasteiger partial charge in [0.2, 0.25) is 0 Å². The van der Waals surface area contributed by atoms with Crippen LogP contribution in [-0.2, 0) is 6.42 Å². The highest BCUT2D eigenvalue weighted by Crippen LogP contribution is 2.16. The highest BCUT2D eigenvalue weighted by Gasteiger charge is 2.09. The molecule has 2 heteroatoms. The molecule has 1 atom stereocenters. The van der Waals surface area contributed by atoms with Crippen molar-refractivity contribution in [1.29, 1.82) is 0 Å². The molecule has 1 aromatic carbocycles. The van der Waals surface area contributed by atoms with Crippen LogP contribution in [0.2, 0.25) is 0 Å². The first kappa shape index (κ1) is 14.7. The van der Waals surface area contributed by atoms with E-state index in [4.69, 9.17) is 0 Å². The second-order valence-electron chi connectivity index (χ2n) is 5.05. The molecule has 0 aliphatic heterocycles. The molecule has 96 valence electrons. The number of halogens is 1. The van der Waals surface area contributed by atoms with Gasteiger partial charge in [-0.25, -0.2) is 0 Å². The van der Waals surface area contributed by atoms with Crippen LogP contribution in [0.1, 0.15) is 39.2 Å². The number of nitrogens with one attached hydrogen (secondary N) is 1. The minimum absolute atomic E-state index is 0.583. The summed E-state index contributed by atoms with van der Waals surface area (Å²) in [6, 6.07) is 9.30. The lowest BCUT2D eigenvalue weighted by atomic mass is 9.95. The van der Waals surface area contributed by atoms with Gasteiger partial charge in [0.1, 0.15) is 0 Å². The first-order valence-electron chi connectivity index (χ1n) is 6.59. The second kappa shape index (κ2) is 7.88. The monoisotopic (exact) mass is 297 g/mol. The number of rotatable bonds is 7. The van der Waals surface area contributed by atoms with Crippen molar-refractivity contribution in [2.45, 2.75) is 46.1 Å². The van der Waals surface area contributed by atoms with Gasteiger partial charge in [-0.05, 0) is 43.0 Å². The Balaban J connectivity index is 2.50. The Morgan fingerprint density at radius 3 is 2.35 bits per heavy atom. The van der Waals surface area contributed by atoms with E-state index in [0.29, 0.717) is 6.04 Å². The molecule has 1 rings (SSSR count). The van der Waals surface area contributed by atoms with Crippen molar-refractivity contribution in [2.24, 2.45) is 5.92 Å². The standard InChI is InChI=1S/C15H24BrN/c1-4-5-14(11-17-12(2)3)10-13-6-8-15(16)9-7-13/h6-9,12,14,17H,4-5,10-11H2,1-3H3. The molecule has 1 N–H and O–H groups in total. The van der Waals surface area contributed by atoms with Crippen molar-refractivity contribution in [3.05, 3.63) is 34.3 Å². The molecular formula is C15H24BrN. The first-order chi connectivity index (χ1) is 8.11. The fourth-order valence-corrected chi connectivity index (χ4v) is 2.31. The molecule has 0 saturated heterocycles. The van der Waals surface area contributed by atoms with Gasteiger partial charge >= 0.3 is 0 Å². The van der Waals surface area contributed by atoms with Crippen LogP contribution >= 0.6 is 15.9 Å². The Morgan fingerprint density at radius 1 is 1.18 bits per heavy atom. The normalized spacial score (nSPS) is 13.0. The van der Waals surface area contributed by atoms with E-state index >= 15 is 0 Å². The Kier molecular flexibility index (Phi) is 6.83. The number of hydrogen-bond donors (Lipinski definition) is 1. The van der Waals surface area contributed by atoms with Gasteiger partial charge in [0.25, 0.3) is 0 Å². The summed E-state index contributed by atoms with van der Waals surface area (Å²) in [5.41, 5.74) is 1.44. The molecule has 0 saturated carbocycles. The smallest absolute Gasteiger partial charge is 0.0175 e. The van der Waals surface area contributed by atoms with E-state index in [1.807, 2.05) is 0 Å². The highest BCUT2D eigenvalue weighted by atomic mass is 79.9. The summed E-state index contributed by atoms with van der Waals surface area (Å²) in [4.78, 5) is 0. The van der Waals surface area contributed by atoms with E-state index in [-0.39, 0.29) is 0 Å². The third kappa shape index (κ3) is 6.23. The van der Waals surface area contributed by atoms with E-state index in [1.165, 1.54) is 24.8 Å². The molecule has 0 radical (unpaired) electrons. The fraction of sp³-hybridized carbons (Fsp3) is 0.600. The van der Waals surface area contributed by atoms with E-state index in [9.17, 15) is 0 Å². The maximum Gasteiger partial charge on any atom is 0.0175 e. The zero-order valence-electron chi connectivity index (χ0n) is 11.2. The molecule has 1 unspecified atom stereocenters. The maximum absolute atomic E-state index is 3.55. The molecule has 0 aliphatic rings. The van der Waals surface area contributed by atoms with E-state index in [0.717, 1.165) is 16.9 Å². The molecule has 0 heterocycles. The summed E-state index contributed by atoms with van der Waals surface area (Å²) in [7, 11) is 0. The molecule has 0 amide bonds. The predicted molar refractivity (Wildman–Crippen MR) is 79.4 cm³/mol. The zero-order chi connectivity index (χ0) is 12.7. The Morgan fingerprint density at radius 2 is 1.82 bits per heavy atom. The van der Waals surface area contributed by atoms with Gasteiger partial charge in [0.15, 0.2) is 0 Å². The van der Waals surface area contributed by atoms with E-state index < -0.39 is 0 Å². The van der Waals surface area contributed by atoms with Gasteiger partial charge in [0, 0.05) is 10.5 Å². The van der Waals surface area contributed by atoms with Crippen molar-refractivity contribution in [3.63, 3.8) is 0 Å². The van der Waals surface area contributed by atoms with E-state index in [2.05, 4.69) is 66.3 Å². The lowest BCUT2D eigenvalue weighted by Gasteiger charge is -2.18. The van der Waals surface area contributed by atoms with Crippen LogP contribution in [0, 0.1) is 5.92 Å². The molecular weight excluding hydrogens is 274 g/mol. The van der Waals surface area contributed by atoms with Crippen LogP contribution < -0.4 is 5.32 Å². The summed E-state index contributed by atoms with van der Waals surface area (Å²) in [5.74, 6) is 0.753. The molecule has 0 aliphatic carbocycles. The van der Waals surface area contributed by atoms with Gasteiger partial charge in [-0.3, -0.25) is 0 Å². The van der Waals surface area contributed by atoms with E-state index in [1.54, 1.807) is 0 Å². The largest absolute Gasteiger partial charge is 0.314 e. The highest BCUT2D eigenvalue weighted by molar-refractivity contribution is 9.10. The van der Waals surface area contributed by atoms with Crippen LogP contribution in [0.25, 0.3) is 0 Å². The molecule has 0 bridgehead atoms.